The molecule has 14 heteroatoms. The number of allylic oxidation sites excluding steroid dienone is 5. The van der Waals surface area contributed by atoms with Crippen LogP contribution in [-0.4, -0.2) is 107 Å². The van der Waals surface area contributed by atoms with Crippen LogP contribution in [0, 0.1) is 0 Å². The lowest BCUT2D eigenvalue weighted by Gasteiger charge is -2.41. The number of carbonyl (C=O) groups excluding carboxylic acids is 1. The molecule has 0 radical (unpaired) electrons. The minimum Gasteiger partial charge on any atom is -0.394 e. The van der Waals surface area contributed by atoms with Crippen LogP contribution in [-0.2, 0) is 28.9 Å². The largest absolute Gasteiger partial charge is 0.397 e. The van der Waals surface area contributed by atoms with Crippen LogP contribution in [0.4, 0.5) is 0 Å². The van der Waals surface area contributed by atoms with Crippen molar-refractivity contribution in [2.45, 2.75) is 255 Å². The van der Waals surface area contributed by atoms with Crippen molar-refractivity contribution >= 4 is 16.3 Å². The number of nitrogens with one attached hydrogen (secondary N) is 1. The Morgan fingerprint density at radius 1 is 0.635 bits per heavy atom. The van der Waals surface area contributed by atoms with E-state index < -0.39 is 78.5 Å². The van der Waals surface area contributed by atoms with Gasteiger partial charge in [-0.3, -0.25) is 9.35 Å². The standard InChI is InChI=1S/C49H91NO12S/c1-3-5-7-9-11-13-15-17-19-20-21-22-24-26-28-30-32-34-36-38-43(53)48(56)50-41(40-60-49-46(55)47(62-63(57,58)59)45(54)44(39-51)61-49)42(52)37-35-33-31-29-27-25-23-18-16-14-12-10-8-6-4-2/h16,18,27,29,35,37,41-47,49,51-55H,3-15,17,19-26,28,30-34,36,38-40H2,1-2H3,(H,50,56)(H,57,58,59)/b18-16+,29-27+,37-35+. The molecule has 8 unspecified atom stereocenters. The van der Waals surface area contributed by atoms with Gasteiger partial charge in [-0.2, -0.15) is 8.42 Å². The molecule has 1 amide bonds. The minimum atomic E-state index is -5.12. The number of aliphatic hydroxyl groups is 5. The van der Waals surface area contributed by atoms with E-state index in [4.69, 9.17) is 9.47 Å². The Bertz CT molecular complexity index is 1280. The Kier molecular flexibility index (Phi) is 37.1. The van der Waals surface area contributed by atoms with Crippen LogP contribution >= 0.6 is 0 Å². The van der Waals surface area contributed by atoms with E-state index in [1.54, 1.807) is 6.08 Å². The average Bonchev–Trinajstić information content (AvgIpc) is 3.25. The first kappa shape index (κ1) is 59.3. The first-order valence-corrected chi connectivity index (χ1v) is 26.3. The fraction of sp³-hybridized carbons (Fsp3) is 0.857. The van der Waals surface area contributed by atoms with Gasteiger partial charge in [0.05, 0.1) is 25.4 Å². The fourth-order valence-corrected chi connectivity index (χ4v) is 8.30. The Morgan fingerprint density at radius 3 is 1.52 bits per heavy atom. The van der Waals surface area contributed by atoms with Gasteiger partial charge >= 0.3 is 10.4 Å². The maximum Gasteiger partial charge on any atom is 0.397 e. The van der Waals surface area contributed by atoms with Gasteiger partial charge in [-0.25, -0.2) is 4.18 Å². The topological polar surface area (TPSA) is 212 Å². The molecular formula is C49H91NO12S. The molecule has 7 N–H and O–H groups in total. The summed E-state index contributed by atoms with van der Waals surface area (Å²) in [7, 11) is -5.12. The molecule has 370 valence electrons. The second-order valence-electron chi connectivity index (χ2n) is 17.5. The lowest BCUT2D eigenvalue weighted by molar-refractivity contribution is -0.298. The van der Waals surface area contributed by atoms with Crippen molar-refractivity contribution in [1.29, 1.82) is 0 Å². The van der Waals surface area contributed by atoms with E-state index in [0.717, 1.165) is 44.9 Å². The number of hydrogen-bond acceptors (Lipinski definition) is 11. The molecule has 0 aromatic heterocycles. The molecule has 0 spiro atoms. The van der Waals surface area contributed by atoms with Gasteiger partial charge in [0.2, 0.25) is 5.91 Å². The highest BCUT2D eigenvalue weighted by atomic mass is 32.3. The zero-order chi connectivity index (χ0) is 46.4. The molecule has 0 aliphatic carbocycles. The molecule has 1 saturated heterocycles. The summed E-state index contributed by atoms with van der Waals surface area (Å²) in [4.78, 5) is 13.1. The molecule has 1 fully saturated rings. The zero-order valence-electron chi connectivity index (χ0n) is 39.3. The predicted molar refractivity (Wildman–Crippen MR) is 251 cm³/mol. The number of rotatable bonds is 42. The van der Waals surface area contributed by atoms with E-state index in [-0.39, 0.29) is 6.42 Å². The normalized spacial score (nSPS) is 21.2. The highest BCUT2D eigenvalue weighted by Gasteiger charge is 2.48. The van der Waals surface area contributed by atoms with E-state index in [2.05, 4.69) is 47.7 Å². The van der Waals surface area contributed by atoms with Crippen LogP contribution in [0.3, 0.4) is 0 Å². The number of carbonyl (C=O) groups is 1. The van der Waals surface area contributed by atoms with Gasteiger partial charge in [0.1, 0.15) is 30.5 Å². The van der Waals surface area contributed by atoms with Crippen LogP contribution in [0.15, 0.2) is 36.5 Å². The number of ether oxygens (including phenoxy) is 2. The number of aliphatic hydroxyl groups excluding tert-OH is 5. The summed E-state index contributed by atoms with van der Waals surface area (Å²) in [6, 6.07) is -1.14. The third-order valence-corrected chi connectivity index (χ3v) is 12.2. The van der Waals surface area contributed by atoms with Crippen molar-refractivity contribution in [3.05, 3.63) is 36.5 Å². The van der Waals surface area contributed by atoms with Crippen molar-refractivity contribution in [3.8, 4) is 0 Å². The fourth-order valence-electron chi connectivity index (χ4n) is 7.79. The van der Waals surface area contributed by atoms with Crippen molar-refractivity contribution in [3.63, 3.8) is 0 Å². The van der Waals surface area contributed by atoms with Gasteiger partial charge in [-0.1, -0.05) is 198 Å². The van der Waals surface area contributed by atoms with Crippen LogP contribution in [0.25, 0.3) is 0 Å². The average molecular weight is 918 g/mol. The lowest BCUT2D eigenvalue weighted by atomic mass is 9.99. The SMILES string of the molecule is CCCCCCC/C=C/CC/C=C/CC/C=C/C(O)C(COC1OC(CO)C(O)C(OS(=O)(=O)O)C1O)NC(=O)C(O)CCCCCCCCCCCCCCCCCCCCC. The monoisotopic (exact) mass is 918 g/mol. The third kappa shape index (κ3) is 31.8. The number of hydrogen-bond donors (Lipinski definition) is 7. The van der Waals surface area contributed by atoms with Gasteiger partial charge in [0.25, 0.3) is 0 Å². The van der Waals surface area contributed by atoms with Crippen molar-refractivity contribution in [2.75, 3.05) is 13.2 Å². The molecule has 1 heterocycles. The molecule has 0 bridgehead atoms. The molecule has 0 aromatic rings. The highest BCUT2D eigenvalue weighted by Crippen LogP contribution is 2.26. The summed E-state index contributed by atoms with van der Waals surface area (Å²) in [5, 5.41) is 55.3. The van der Waals surface area contributed by atoms with Crippen molar-refractivity contribution < 1.29 is 57.0 Å². The third-order valence-electron chi connectivity index (χ3n) is 11.8. The van der Waals surface area contributed by atoms with Gasteiger partial charge in [0, 0.05) is 0 Å². The maximum atomic E-state index is 13.1. The summed E-state index contributed by atoms with van der Waals surface area (Å²) < 4.78 is 47.5. The van der Waals surface area contributed by atoms with Crippen LogP contribution < -0.4 is 5.32 Å². The number of amides is 1. The zero-order valence-corrected chi connectivity index (χ0v) is 40.1. The van der Waals surface area contributed by atoms with Crippen LogP contribution in [0.2, 0.25) is 0 Å². The Labute approximate surface area is 382 Å². The van der Waals surface area contributed by atoms with E-state index in [0.29, 0.717) is 12.8 Å². The van der Waals surface area contributed by atoms with Gasteiger partial charge in [-0.05, 0) is 44.9 Å². The highest BCUT2D eigenvalue weighted by molar-refractivity contribution is 7.80. The molecule has 1 rings (SSSR count). The second-order valence-corrected chi connectivity index (χ2v) is 18.6. The lowest BCUT2D eigenvalue weighted by Crippen LogP contribution is -2.61. The predicted octanol–water partition coefficient (Wildman–Crippen LogP) is 9.25. The van der Waals surface area contributed by atoms with Crippen LogP contribution in [0.5, 0.6) is 0 Å². The van der Waals surface area contributed by atoms with Gasteiger partial charge in [-0.15, -0.1) is 0 Å². The minimum absolute atomic E-state index is 0.237. The molecule has 8 atom stereocenters. The molecule has 63 heavy (non-hydrogen) atoms. The Morgan fingerprint density at radius 2 is 1.06 bits per heavy atom. The first-order chi connectivity index (χ1) is 30.4. The molecule has 0 saturated carbocycles. The summed E-state index contributed by atoms with van der Waals surface area (Å²) in [5.74, 6) is -0.715. The van der Waals surface area contributed by atoms with E-state index in [1.165, 1.54) is 134 Å². The molecule has 0 aromatic carbocycles. The summed E-state index contributed by atoms with van der Waals surface area (Å²) in [5.41, 5.74) is 0. The van der Waals surface area contributed by atoms with Crippen molar-refractivity contribution in [2.24, 2.45) is 0 Å². The number of unbranched alkanes of at least 4 members (excludes halogenated alkanes) is 25. The summed E-state index contributed by atoms with van der Waals surface area (Å²) in [6.45, 7) is 3.19. The smallest absolute Gasteiger partial charge is 0.394 e. The first-order valence-electron chi connectivity index (χ1n) is 25.0. The van der Waals surface area contributed by atoms with E-state index >= 15 is 0 Å². The van der Waals surface area contributed by atoms with Crippen molar-refractivity contribution in [1.82, 2.24) is 5.32 Å². The Hall–Kier alpha value is -1.72. The van der Waals surface area contributed by atoms with Gasteiger partial charge < -0.3 is 40.3 Å². The quantitative estimate of drug-likeness (QED) is 0.0174. The molecule has 1 aliphatic rings. The van der Waals surface area contributed by atoms with Gasteiger partial charge in [0.15, 0.2) is 6.29 Å². The maximum absolute atomic E-state index is 13.1. The Balaban J connectivity index is 2.55. The van der Waals surface area contributed by atoms with E-state index in [9.17, 15) is 43.3 Å². The summed E-state index contributed by atoms with van der Waals surface area (Å²) >= 11 is 0. The summed E-state index contributed by atoms with van der Waals surface area (Å²) in [6.07, 6.45) is 35.1. The van der Waals surface area contributed by atoms with Crippen LogP contribution in [0.1, 0.15) is 206 Å². The molecule has 1 aliphatic heterocycles. The van der Waals surface area contributed by atoms with E-state index in [1.807, 2.05) is 0 Å². The molecule has 13 nitrogen and oxygen atoms in total. The molecular weight excluding hydrogens is 827 g/mol. The second kappa shape index (κ2) is 39.4.